The van der Waals surface area contributed by atoms with Crippen LogP contribution in [0.25, 0.3) is 0 Å². The zero-order valence-electron chi connectivity index (χ0n) is 16.4. The molecule has 2 saturated heterocycles. The fourth-order valence-corrected chi connectivity index (χ4v) is 3.99. The number of rotatable bonds is 6. The first kappa shape index (κ1) is 18.6. The minimum atomic E-state index is 0.484. The van der Waals surface area contributed by atoms with E-state index in [9.17, 15) is 0 Å². The Kier molecular flexibility index (Phi) is 5.85. The Bertz CT molecular complexity index is 728. The summed E-state index contributed by atoms with van der Waals surface area (Å²) in [7, 11) is 2.11. The molecule has 0 radical (unpaired) electrons. The van der Waals surface area contributed by atoms with E-state index < -0.39 is 0 Å². The van der Waals surface area contributed by atoms with Crippen LogP contribution in [0.1, 0.15) is 48.8 Å². The monoisotopic (exact) mass is 374 g/mol. The first-order chi connectivity index (χ1) is 13.2. The molecule has 0 bridgehead atoms. The number of ether oxygens (including phenoxy) is 1. The van der Waals surface area contributed by atoms with Gasteiger partial charge in [0.05, 0.1) is 32.0 Å². The zero-order valence-corrected chi connectivity index (χ0v) is 16.4. The van der Waals surface area contributed by atoms with Gasteiger partial charge in [-0.2, -0.15) is 0 Å². The van der Waals surface area contributed by atoms with Crippen molar-refractivity contribution in [3.05, 3.63) is 29.2 Å². The van der Waals surface area contributed by atoms with Crippen molar-refractivity contribution in [2.45, 2.75) is 45.2 Å². The van der Waals surface area contributed by atoms with Crippen LogP contribution in [0.3, 0.4) is 0 Å². The van der Waals surface area contributed by atoms with Gasteiger partial charge in [-0.3, -0.25) is 9.80 Å². The third-order valence-corrected chi connectivity index (χ3v) is 5.77. The van der Waals surface area contributed by atoms with E-state index in [4.69, 9.17) is 9.26 Å². The van der Waals surface area contributed by atoms with Crippen molar-refractivity contribution in [1.82, 2.24) is 29.7 Å². The molecule has 0 aliphatic carbocycles. The van der Waals surface area contributed by atoms with Crippen molar-refractivity contribution in [3.63, 3.8) is 0 Å². The molecule has 27 heavy (non-hydrogen) atoms. The van der Waals surface area contributed by atoms with Crippen LogP contribution in [0, 0.1) is 0 Å². The van der Waals surface area contributed by atoms with Gasteiger partial charge in [0.2, 0.25) is 0 Å². The molecule has 8 nitrogen and oxygen atoms in total. The average molecular weight is 374 g/mol. The second-order valence-electron chi connectivity index (χ2n) is 7.61. The van der Waals surface area contributed by atoms with Crippen molar-refractivity contribution in [2.24, 2.45) is 7.05 Å². The Morgan fingerprint density at radius 2 is 1.78 bits per heavy atom. The zero-order chi connectivity index (χ0) is 18.6. The van der Waals surface area contributed by atoms with E-state index in [0.717, 1.165) is 94.8 Å². The van der Waals surface area contributed by atoms with E-state index in [2.05, 4.69) is 49.8 Å². The molecule has 0 saturated carbocycles. The lowest BCUT2D eigenvalue weighted by Crippen LogP contribution is -2.36. The largest absolute Gasteiger partial charge is 0.379 e. The van der Waals surface area contributed by atoms with Crippen LogP contribution in [0.15, 0.2) is 10.6 Å². The van der Waals surface area contributed by atoms with Crippen LogP contribution >= 0.6 is 0 Å². The van der Waals surface area contributed by atoms with Gasteiger partial charge < -0.3 is 13.8 Å². The van der Waals surface area contributed by atoms with Gasteiger partial charge in [0, 0.05) is 32.1 Å². The smallest absolute Gasteiger partial charge is 0.150 e. The third kappa shape index (κ3) is 4.39. The molecule has 2 fully saturated rings. The van der Waals surface area contributed by atoms with E-state index in [1.165, 1.54) is 0 Å². The number of aryl methyl sites for hydroxylation is 1. The Balaban J connectivity index is 1.31. The Morgan fingerprint density at radius 1 is 1.04 bits per heavy atom. The maximum atomic E-state index is 5.43. The molecule has 2 aliphatic rings. The Morgan fingerprint density at radius 3 is 2.48 bits per heavy atom. The molecule has 2 aliphatic heterocycles. The van der Waals surface area contributed by atoms with Crippen LogP contribution in [-0.2, 0) is 31.3 Å². The standard InChI is InChI=1S/C19H30N6O2/c1-3-16-12-17(27-22-16)13-24-6-4-15(5-7-24)19-21-20-18(23(19)2)14-25-8-10-26-11-9-25/h12,15H,3-11,13-14H2,1-2H3. The summed E-state index contributed by atoms with van der Waals surface area (Å²) in [5.41, 5.74) is 1.03. The molecule has 0 unspecified atom stereocenters. The first-order valence-electron chi connectivity index (χ1n) is 10.1. The summed E-state index contributed by atoms with van der Waals surface area (Å²) in [6.45, 7) is 9.49. The molecule has 4 heterocycles. The maximum absolute atomic E-state index is 5.43. The van der Waals surface area contributed by atoms with E-state index in [1.807, 2.05) is 0 Å². The fourth-order valence-electron chi connectivity index (χ4n) is 3.99. The molecule has 0 N–H and O–H groups in total. The summed E-state index contributed by atoms with van der Waals surface area (Å²) in [5.74, 6) is 3.64. The topological polar surface area (TPSA) is 72.5 Å². The minimum Gasteiger partial charge on any atom is -0.379 e. The normalized spacial score (nSPS) is 20.4. The van der Waals surface area contributed by atoms with Crippen LogP contribution in [0.4, 0.5) is 0 Å². The molecule has 0 aromatic carbocycles. The predicted molar refractivity (Wildman–Crippen MR) is 100 cm³/mol. The van der Waals surface area contributed by atoms with Gasteiger partial charge in [-0.05, 0) is 32.4 Å². The van der Waals surface area contributed by atoms with Crippen molar-refractivity contribution < 1.29 is 9.26 Å². The fraction of sp³-hybridized carbons (Fsp3) is 0.737. The maximum Gasteiger partial charge on any atom is 0.150 e. The van der Waals surface area contributed by atoms with Crippen LogP contribution < -0.4 is 0 Å². The van der Waals surface area contributed by atoms with Gasteiger partial charge in [0.25, 0.3) is 0 Å². The lowest BCUT2D eigenvalue weighted by Gasteiger charge is -2.30. The van der Waals surface area contributed by atoms with E-state index in [-0.39, 0.29) is 0 Å². The number of nitrogens with zero attached hydrogens (tertiary/aromatic N) is 6. The number of piperidine rings is 1. The van der Waals surface area contributed by atoms with Gasteiger partial charge in [-0.15, -0.1) is 10.2 Å². The number of hydrogen-bond donors (Lipinski definition) is 0. The van der Waals surface area contributed by atoms with Gasteiger partial charge in [-0.25, -0.2) is 0 Å². The summed E-state index contributed by atoms with van der Waals surface area (Å²) >= 11 is 0. The summed E-state index contributed by atoms with van der Waals surface area (Å²) in [4.78, 5) is 4.84. The van der Waals surface area contributed by atoms with Crippen molar-refractivity contribution in [1.29, 1.82) is 0 Å². The minimum absolute atomic E-state index is 0.484. The Hall–Kier alpha value is -1.77. The lowest BCUT2D eigenvalue weighted by molar-refractivity contribution is 0.0326. The number of hydrogen-bond acceptors (Lipinski definition) is 7. The van der Waals surface area contributed by atoms with E-state index >= 15 is 0 Å². The SMILES string of the molecule is CCc1cc(CN2CCC(c3nnc(CN4CCOCC4)n3C)CC2)on1. The summed E-state index contributed by atoms with van der Waals surface area (Å²) in [6.07, 6.45) is 3.14. The van der Waals surface area contributed by atoms with E-state index in [0.29, 0.717) is 5.92 Å². The van der Waals surface area contributed by atoms with Gasteiger partial charge in [0.15, 0.2) is 5.76 Å². The highest BCUT2D eigenvalue weighted by Gasteiger charge is 2.26. The summed E-state index contributed by atoms with van der Waals surface area (Å²) in [6, 6.07) is 2.08. The summed E-state index contributed by atoms with van der Waals surface area (Å²) < 4.78 is 13.1. The van der Waals surface area contributed by atoms with Crippen molar-refractivity contribution in [2.75, 3.05) is 39.4 Å². The molecular weight excluding hydrogens is 344 g/mol. The van der Waals surface area contributed by atoms with Gasteiger partial charge >= 0.3 is 0 Å². The quantitative estimate of drug-likeness (QED) is 0.760. The molecule has 0 spiro atoms. The Labute approximate surface area is 160 Å². The predicted octanol–water partition coefficient (Wildman–Crippen LogP) is 1.58. The van der Waals surface area contributed by atoms with Gasteiger partial charge in [0.1, 0.15) is 11.6 Å². The molecule has 2 aromatic heterocycles. The van der Waals surface area contributed by atoms with Crippen LogP contribution in [0.5, 0.6) is 0 Å². The van der Waals surface area contributed by atoms with Crippen LogP contribution in [0.2, 0.25) is 0 Å². The highest BCUT2D eigenvalue weighted by Crippen LogP contribution is 2.28. The lowest BCUT2D eigenvalue weighted by atomic mass is 9.96. The highest BCUT2D eigenvalue weighted by molar-refractivity contribution is 5.06. The molecular formula is C19H30N6O2. The van der Waals surface area contributed by atoms with E-state index in [1.54, 1.807) is 0 Å². The second-order valence-corrected chi connectivity index (χ2v) is 7.61. The molecule has 2 aromatic rings. The molecule has 4 rings (SSSR count). The third-order valence-electron chi connectivity index (χ3n) is 5.77. The summed E-state index contributed by atoms with van der Waals surface area (Å²) in [5, 5.41) is 13.1. The van der Waals surface area contributed by atoms with Crippen molar-refractivity contribution in [3.8, 4) is 0 Å². The molecule has 8 heteroatoms. The molecule has 0 atom stereocenters. The number of likely N-dealkylation sites (tertiary alicyclic amines) is 1. The van der Waals surface area contributed by atoms with Crippen LogP contribution in [-0.4, -0.2) is 69.1 Å². The second kappa shape index (κ2) is 8.50. The molecule has 148 valence electrons. The highest BCUT2D eigenvalue weighted by atomic mass is 16.5. The molecule has 0 amide bonds. The number of morpholine rings is 1. The van der Waals surface area contributed by atoms with Crippen molar-refractivity contribution >= 4 is 0 Å². The number of aromatic nitrogens is 4. The first-order valence-corrected chi connectivity index (χ1v) is 10.1. The average Bonchev–Trinajstić information content (AvgIpc) is 3.30. The van der Waals surface area contributed by atoms with Gasteiger partial charge in [-0.1, -0.05) is 12.1 Å².